The Balaban J connectivity index is 2.13. The molecule has 11 nitrogen and oxygen atoms in total. The number of aliphatic hydroxyl groups excluding tert-OH is 7. The molecule has 9 unspecified atom stereocenters. The maximum Gasteiger partial charge on any atom is 0.249 e. The molecule has 1 aliphatic heterocycles. The zero-order valence-corrected chi connectivity index (χ0v) is 57.1. The number of nitrogens with one attached hydrogen (secondary N) is 1. The molecule has 0 aromatic heterocycles. The van der Waals surface area contributed by atoms with Crippen LogP contribution in [-0.2, 0) is 14.3 Å². The van der Waals surface area contributed by atoms with E-state index >= 15 is 0 Å². The number of ether oxygens (including phenoxy) is 2. The first-order chi connectivity index (χ1) is 42.2. The molecule has 0 spiro atoms. The quantitative estimate of drug-likeness (QED) is 0.0272. The minimum atomic E-state index is -1.66. The normalized spacial score (nSPS) is 18.6. The van der Waals surface area contributed by atoms with Gasteiger partial charge in [-0.3, -0.25) is 4.79 Å². The van der Waals surface area contributed by atoms with Crippen LogP contribution in [0.2, 0.25) is 0 Å². The second kappa shape index (κ2) is 64.2. The Labute approximate surface area is 532 Å². The first kappa shape index (κ1) is 83.1. The van der Waals surface area contributed by atoms with Crippen molar-refractivity contribution in [2.75, 3.05) is 13.2 Å². The lowest BCUT2D eigenvalue weighted by molar-refractivity contribution is -0.303. The van der Waals surface area contributed by atoms with Crippen molar-refractivity contribution in [2.24, 2.45) is 0 Å². The van der Waals surface area contributed by atoms with Crippen LogP contribution in [0.4, 0.5) is 0 Å². The lowest BCUT2D eigenvalue weighted by Crippen LogP contribution is -2.60. The first-order valence-electron chi connectivity index (χ1n) is 38.4. The molecule has 0 saturated carbocycles. The Morgan fingerprint density at radius 2 is 0.605 bits per heavy atom. The molecule has 1 saturated heterocycles. The van der Waals surface area contributed by atoms with Gasteiger partial charge in [0.05, 0.1) is 25.4 Å². The van der Waals surface area contributed by atoms with Crippen LogP contribution in [0.25, 0.3) is 0 Å². The first-order valence-corrected chi connectivity index (χ1v) is 38.4. The summed E-state index contributed by atoms with van der Waals surface area (Å²) >= 11 is 0. The van der Waals surface area contributed by atoms with Gasteiger partial charge in [0.1, 0.15) is 36.6 Å². The fourth-order valence-corrected chi connectivity index (χ4v) is 13.0. The summed E-state index contributed by atoms with van der Waals surface area (Å²) in [6.07, 6.45) is 67.8. The van der Waals surface area contributed by atoms with Crippen LogP contribution in [0.5, 0.6) is 0 Å². The van der Waals surface area contributed by atoms with Gasteiger partial charge in [0.25, 0.3) is 0 Å². The van der Waals surface area contributed by atoms with E-state index in [-0.39, 0.29) is 6.42 Å². The van der Waals surface area contributed by atoms with Gasteiger partial charge in [0.2, 0.25) is 5.91 Å². The van der Waals surface area contributed by atoms with Gasteiger partial charge >= 0.3 is 0 Å². The van der Waals surface area contributed by atoms with E-state index < -0.39 is 74.2 Å². The molecule has 0 aliphatic carbocycles. The lowest BCUT2D eigenvalue weighted by atomic mass is 9.98. The third kappa shape index (κ3) is 50.7. The van der Waals surface area contributed by atoms with Crippen molar-refractivity contribution in [1.82, 2.24) is 5.32 Å². The molecule has 8 N–H and O–H groups in total. The second-order valence-corrected chi connectivity index (χ2v) is 27.4. The Kier molecular flexibility index (Phi) is 62.1. The second-order valence-electron chi connectivity index (χ2n) is 27.4. The van der Waals surface area contributed by atoms with E-state index in [4.69, 9.17) is 9.47 Å². The van der Waals surface area contributed by atoms with E-state index in [0.717, 1.165) is 38.5 Å². The van der Waals surface area contributed by atoms with Crippen molar-refractivity contribution in [3.8, 4) is 0 Å². The molecule has 86 heavy (non-hydrogen) atoms. The summed E-state index contributed by atoms with van der Waals surface area (Å²) in [4.78, 5) is 13.3. The van der Waals surface area contributed by atoms with Crippen LogP contribution in [0.3, 0.4) is 0 Å². The third-order valence-electron chi connectivity index (χ3n) is 19.2. The summed E-state index contributed by atoms with van der Waals surface area (Å²) in [5.74, 6) is -0.685. The van der Waals surface area contributed by atoms with Gasteiger partial charge in [-0.1, -0.05) is 393 Å². The summed E-state index contributed by atoms with van der Waals surface area (Å²) in [5, 5.41) is 76.7. The minimum absolute atomic E-state index is 0.268. The van der Waals surface area contributed by atoms with Crippen molar-refractivity contribution in [3.05, 3.63) is 0 Å². The van der Waals surface area contributed by atoms with Crippen LogP contribution >= 0.6 is 0 Å². The van der Waals surface area contributed by atoms with Crippen LogP contribution in [-0.4, -0.2) is 110 Å². The van der Waals surface area contributed by atoms with Crippen LogP contribution in [0, 0.1) is 0 Å². The van der Waals surface area contributed by atoms with Crippen molar-refractivity contribution in [2.45, 2.75) is 461 Å². The number of aliphatic hydroxyl groups is 7. The Hall–Kier alpha value is -0.890. The van der Waals surface area contributed by atoms with Gasteiger partial charge in [-0.15, -0.1) is 0 Å². The summed E-state index contributed by atoms with van der Waals surface area (Å²) < 4.78 is 11.2. The highest BCUT2D eigenvalue weighted by Crippen LogP contribution is 2.25. The standard InChI is InChI=1S/C75H149NO10/c1-3-5-7-9-11-13-15-17-19-21-23-25-27-29-30-31-32-33-34-35-36-37-39-41-43-45-47-49-51-53-55-57-59-61-63-68(79)74(84)76-66(65-85-75-73(83)72(82)71(81)69(64-77)86-75)70(80)67(78)62-60-58-56-54-52-50-48-46-44-42-40-38-28-26-24-22-20-18-16-14-12-10-8-6-4-2/h66-73,75,77-83H,3-65H2,1-2H3,(H,76,84). The predicted molar refractivity (Wildman–Crippen MR) is 363 cm³/mol. The number of carbonyl (C=O) groups is 1. The summed E-state index contributed by atoms with van der Waals surface area (Å²) in [6.45, 7) is 3.54. The summed E-state index contributed by atoms with van der Waals surface area (Å²) in [6, 6.07) is -1.17. The van der Waals surface area contributed by atoms with E-state index in [0.29, 0.717) is 19.3 Å². The van der Waals surface area contributed by atoms with Crippen LogP contribution in [0.15, 0.2) is 0 Å². The molecule has 11 heteroatoms. The average molecular weight is 1230 g/mol. The fraction of sp³-hybridized carbons (Fsp3) is 0.987. The average Bonchev–Trinajstić information content (AvgIpc) is 3.28. The van der Waals surface area contributed by atoms with Gasteiger partial charge in [-0.25, -0.2) is 0 Å². The molecule has 1 fully saturated rings. The molecule has 1 amide bonds. The molecule has 0 radical (unpaired) electrons. The highest BCUT2D eigenvalue weighted by molar-refractivity contribution is 5.80. The number of rotatable bonds is 69. The van der Waals surface area contributed by atoms with Gasteiger partial charge in [0, 0.05) is 0 Å². The number of carbonyl (C=O) groups excluding carboxylic acids is 1. The highest BCUT2D eigenvalue weighted by Gasteiger charge is 2.44. The number of hydrogen-bond acceptors (Lipinski definition) is 10. The highest BCUT2D eigenvalue weighted by atomic mass is 16.7. The molecule has 0 aromatic carbocycles. The van der Waals surface area contributed by atoms with Gasteiger partial charge in [-0.2, -0.15) is 0 Å². The molecular weight excluding hydrogens is 1070 g/mol. The van der Waals surface area contributed by atoms with Gasteiger partial charge in [-0.05, 0) is 12.8 Å². The zero-order valence-electron chi connectivity index (χ0n) is 57.1. The molecule has 0 bridgehead atoms. The zero-order chi connectivity index (χ0) is 62.4. The number of hydrogen-bond donors (Lipinski definition) is 8. The monoisotopic (exact) mass is 1220 g/mol. The maximum absolute atomic E-state index is 13.3. The fourth-order valence-electron chi connectivity index (χ4n) is 13.0. The van der Waals surface area contributed by atoms with E-state index in [9.17, 15) is 40.5 Å². The van der Waals surface area contributed by atoms with Crippen molar-refractivity contribution in [1.29, 1.82) is 0 Å². The largest absolute Gasteiger partial charge is 0.394 e. The van der Waals surface area contributed by atoms with E-state index in [1.165, 1.54) is 327 Å². The molecule has 1 rings (SSSR count). The Morgan fingerprint density at radius 1 is 0.360 bits per heavy atom. The number of amides is 1. The third-order valence-corrected chi connectivity index (χ3v) is 19.2. The van der Waals surface area contributed by atoms with Crippen molar-refractivity contribution >= 4 is 5.91 Å². The van der Waals surface area contributed by atoms with E-state index in [2.05, 4.69) is 19.2 Å². The molecular formula is C75H149NO10. The van der Waals surface area contributed by atoms with E-state index in [1.807, 2.05) is 0 Å². The molecule has 0 aromatic rings. The molecule has 1 heterocycles. The molecule has 9 atom stereocenters. The predicted octanol–water partition coefficient (Wildman–Crippen LogP) is 19.2. The maximum atomic E-state index is 13.3. The molecule has 514 valence electrons. The van der Waals surface area contributed by atoms with Gasteiger partial charge < -0.3 is 50.5 Å². The molecule has 1 aliphatic rings. The SMILES string of the molecule is CCCCCCCCCCCCCCCCCCCCCCCCCCCCCCCCCCCCC(O)C(=O)NC(COC1OC(CO)C(O)C(O)C1O)C(O)C(O)CCCCCCCCCCCCCCCCCCCCCCCCCCC. The topological polar surface area (TPSA) is 189 Å². The smallest absolute Gasteiger partial charge is 0.249 e. The summed E-state index contributed by atoms with van der Waals surface area (Å²) in [7, 11) is 0. The van der Waals surface area contributed by atoms with Crippen LogP contribution in [0.1, 0.15) is 406 Å². The van der Waals surface area contributed by atoms with E-state index in [1.54, 1.807) is 0 Å². The van der Waals surface area contributed by atoms with Crippen molar-refractivity contribution < 1.29 is 50.0 Å². The minimum Gasteiger partial charge on any atom is -0.394 e. The van der Waals surface area contributed by atoms with Crippen molar-refractivity contribution in [3.63, 3.8) is 0 Å². The van der Waals surface area contributed by atoms with Crippen LogP contribution < -0.4 is 5.32 Å². The number of unbranched alkanes of at least 4 members (excludes halogenated alkanes) is 57. The Bertz CT molecular complexity index is 1360. The lowest BCUT2D eigenvalue weighted by Gasteiger charge is -2.40. The van der Waals surface area contributed by atoms with Gasteiger partial charge in [0.15, 0.2) is 6.29 Å². The summed E-state index contributed by atoms with van der Waals surface area (Å²) in [5.41, 5.74) is 0. The Morgan fingerprint density at radius 3 is 0.860 bits per heavy atom.